The van der Waals surface area contributed by atoms with E-state index in [1.54, 1.807) is 6.07 Å². The number of anilines is 1. The molecule has 0 spiro atoms. The number of ketones is 1. The number of halogens is 1. The summed E-state index contributed by atoms with van der Waals surface area (Å²) in [6.07, 6.45) is 0. The van der Waals surface area contributed by atoms with Gasteiger partial charge in [0.15, 0.2) is 0 Å². The lowest BCUT2D eigenvalue weighted by molar-refractivity contribution is -0.131. The predicted octanol–water partition coefficient (Wildman–Crippen LogP) is 1.14. The molecule has 5 heteroatoms. The fraction of sp³-hybridized carbons (Fsp3) is 0. The Balaban J connectivity index is 3.21. The first kappa shape index (κ1) is 9.97. The van der Waals surface area contributed by atoms with E-state index in [0.717, 1.165) is 3.57 Å². The second kappa shape index (κ2) is 3.73. The molecule has 0 fully saturated rings. The fourth-order valence-electron chi connectivity index (χ4n) is 0.840. The largest absolute Gasteiger partial charge is 0.475 e. The van der Waals surface area contributed by atoms with Crippen LogP contribution in [-0.4, -0.2) is 16.9 Å². The average molecular weight is 291 g/mol. The number of carbonyl (C=O) groups excluding carboxylic acids is 1. The summed E-state index contributed by atoms with van der Waals surface area (Å²) in [5.74, 6) is -2.47. The molecule has 0 atom stereocenters. The van der Waals surface area contributed by atoms with Crippen molar-refractivity contribution in [2.24, 2.45) is 0 Å². The standard InChI is InChI=1S/C8H6INO3/c9-4-1-2-6(10)5(3-4)7(11)8(12)13/h1-3H,10H2,(H,12,13). The number of nitrogen functional groups attached to an aromatic ring is 1. The molecule has 68 valence electrons. The Kier molecular flexibility index (Phi) is 2.86. The number of carbonyl (C=O) groups is 2. The van der Waals surface area contributed by atoms with E-state index in [1.807, 2.05) is 22.6 Å². The fourth-order valence-corrected chi connectivity index (χ4v) is 1.33. The van der Waals surface area contributed by atoms with E-state index in [2.05, 4.69) is 0 Å². The molecule has 0 radical (unpaired) electrons. The van der Waals surface area contributed by atoms with Crippen LogP contribution < -0.4 is 5.73 Å². The number of nitrogens with two attached hydrogens (primary N) is 1. The Morgan fingerprint density at radius 1 is 1.38 bits per heavy atom. The van der Waals surface area contributed by atoms with Crippen LogP contribution in [0.1, 0.15) is 10.4 Å². The minimum atomic E-state index is -1.49. The number of hydrogen-bond acceptors (Lipinski definition) is 3. The van der Waals surface area contributed by atoms with Crippen LogP contribution in [0.4, 0.5) is 5.69 Å². The maximum atomic E-state index is 11.0. The molecule has 0 amide bonds. The van der Waals surface area contributed by atoms with Gasteiger partial charge >= 0.3 is 5.97 Å². The number of benzene rings is 1. The molecule has 13 heavy (non-hydrogen) atoms. The second-order valence-electron chi connectivity index (χ2n) is 2.37. The summed E-state index contributed by atoms with van der Waals surface area (Å²) >= 11 is 1.98. The summed E-state index contributed by atoms with van der Waals surface area (Å²) in [5, 5.41) is 8.44. The quantitative estimate of drug-likeness (QED) is 0.370. The van der Waals surface area contributed by atoms with E-state index in [-0.39, 0.29) is 11.3 Å². The van der Waals surface area contributed by atoms with Gasteiger partial charge in [-0.05, 0) is 40.8 Å². The number of carboxylic acid groups (broad SMARTS) is 1. The summed E-state index contributed by atoms with van der Waals surface area (Å²) in [4.78, 5) is 21.4. The molecule has 0 aliphatic rings. The van der Waals surface area contributed by atoms with Crippen molar-refractivity contribution >= 4 is 40.0 Å². The zero-order valence-corrected chi connectivity index (χ0v) is 8.61. The Morgan fingerprint density at radius 3 is 2.54 bits per heavy atom. The summed E-state index contributed by atoms with van der Waals surface area (Å²) in [6.45, 7) is 0. The first-order valence-corrected chi connectivity index (χ1v) is 4.43. The molecular weight excluding hydrogens is 285 g/mol. The monoisotopic (exact) mass is 291 g/mol. The molecule has 0 saturated heterocycles. The topological polar surface area (TPSA) is 80.4 Å². The van der Waals surface area contributed by atoms with Crippen LogP contribution in [0.2, 0.25) is 0 Å². The first-order valence-electron chi connectivity index (χ1n) is 3.35. The van der Waals surface area contributed by atoms with Crippen LogP contribution in [0.3, 0.4) is 0 Å². The van der Waals surface area contributed by atoms with E-state index in [9.17, 15) is 9.59 Å². The van der Waals surface area contributed by atoms with Gasteiger partial charge in [-0.25, -0.2) is 4.79 Å². The van der Waals surface area contributed by atoms with Crippen LogP contribution in [0, 0.1) is 3.57 Å². The molecule has 0 aromatic heterocycles. The summed E-state index contributed by atoms with van der Waals surface area (Å²) < 4.78 is 0.774. The number of Topliss-reactive ketones (excluding diaryl/α,β-unsaturated/α-hetero) is 1. The minimum absolute atomic E-state index is 0.0411. The third kappa shape index (κ3) is 2.18. The van der Waals surface area contributed by atoms with Gasteiger partial charge in [0.25, 0.3) is 5.78 Å². The number of hydrogen-bond donors (Lipinski definition) is 2. The van der Waals surface area contributed by atoms with Gasteiger partial charge in [0.2, 0.25) is 0 Å². The average Bonchev–Trinajstić information content (AvgIpc) is 2.08. The third-order valence-electron chi connectivity index (χ3n) is 1.45. The van der Waals surface area contributed by atoms with Crippen molar-refractivity contribution in [1.82, 2.24) is 0 Å². The highest BCUT2D eigenvalue weighted by Crippen LogP contribution is 2.16. The van der Waals surface area contributed by atoms with E-state index >= 15 is 0 Å². The molecule has 1 rings (SSSR count). The van der Waals surface area contributed by atoms with Crippen LogP contribution in [-0.2, 0) is 4.79 Å². The smallest absolute Gasteiger partial charge is 0.377 e. The molecule has 1 aromatic carbocycles. The van der Waals surface area contributed by atoms with Gasteiger partial charge in [0.1, 0.15) is 0 Å². The van der Waals surface area contributed by atoms with Gasteiger partial charge in [-0.15, -0.1) is 0 Å². The Morgan fingerprint density at radius 2 is 2.00 bits per heavy atom. The van der Waals surface area contributed by atoms with E-state index in [1.165, 1.54) is 12.1 Å². The van der Waals surface area contributed by atoms with Crippen molar-refractivity contribution in [2.45, 2.75) is 0 Å². The predicted molar refractivity (Wildman–Crippen MR) is 55.5 cm³/mol. The molecule has 0 saturated carbocycles. The molecule has 4 nitrogen and oxygen atoms in total. The van der Waals surface area contributed by atoms with Crippen molar-refractivity contribution in [1.29, 1.82) is 0 Å². The van der Waals surface area contributed by atoms with Crippen molar-refractivity contribution in [3.63, 3.8) is 0 Å². The molecule has 0 heterocycles. The highest BCUT2D eigenvalue weighted by atomic mass is 127. The molecule has 0 aliphatic carbocycles. The number of rotatable bonds is 2. The van der Waals surface area contributed by atoms with Gasteiger partial charge < -0.3 is 10.8 Å². The summed E-state index contributed by atoms with van der Waals surface area (Å²) in [7, 11) is 0. The first-order chi connectivity index (χ1) is 6.02. The van der Waals surface area contributed by atoms with Crippen LogP contribution in [0.5, 0.6) is 0 Å². The van der Waals surface area contributed by atoms with Crippen molar-refractivity contribution in [3.8, 4) is 0 Å². The van der Waals surface area contributed by atoms with Crippen molar-refractivity contribution in [2.75, 3.05) is 5.73 Å². The Labute approximate surface area is 87.9 Å². The highest BCUT2D eigenvalue weighted by molar-refractivity contribution is 14.1. The van der Waals surface area contributed by atoms with Crippen molar-refractivity contribution < 1.29 is 14.7 Å². The van der Waals surface area contributed by atoms with Crippen LogP contribution >= 0.6 is 22.6 Å². The summed E-state index contributed by atoms with van der Waals surface area (Å²) in [6, 6.07) is 4.67. The van der Waals surface area contributed by atoms with Gasteiger partial charge in [-0.2, -0.15) is 0 Å². The second-order valence-corrected chi connectivity index (χ2v) is 3.61. The van der Waals surface area contributed by atoms with E-state index < -0.39 is 11.8 Å². The van der Waals surface area contributed by atoms with E-state index in [4.69, 9.17) is 10.8 Å². The van der Waals surface area contributed by atoms with Gasteiger partial charge in [0.05, 0.1) is 5.56 Å². The SMILES string of the molecule is Nc1ccc(I)cc1C(=O)C(=O)O. The summed E-state index contributed by atoms with van der Waals surface area (Å²) in [5.41, 5.74) is 5.67. The Hall–Kier alpha value is -1.11. The zero-order valence-electron chi connectivity index (χ0n) is 6.45. The number of carboxylic acids is 1. The van der Waals surface area contributed by atoms with Gasteiger partial charge in [-0.3, -0.25) is 4.79 Å². The van der Waals surface area contributed by atoms with Crippen LogP contribution in [0.25, 0.3) is 0 Å². The van der Waals surface area contributed by atoms with E-state index in [0.29, 0.717) is 0 Å². The maximum Gasteiger partial charge on any atom is 0.377 e. The molecule has 0 bridgehead atoms. The lowest BCUT2D eigenvalue weighted by Crippen LogP contribution is -2.14. The number of aliphatic carboxylic acids is 1. The molecule has 0 aliphatic heterocycles. The van der Waals surface area contributed by atoms with Gasteiger partial charge in [-0.1, -0.05) is 0 Å². The van der Waals surface area contributed by atoms with Crippen molar-refractivity contribution in [3.05, 3.63) is 27.3 Å². The minimum Gasteiger partial charge on any atom is -0.475 e. The molecule has 0 unspecified atom stereocenters. The third-order valence-corrected chi connectivity index (χ3v) is 2.13. The molecular formula is C8H6INO3. The maximum absolute atomic E-state index is 11.0. The zero-order chi connectivity index (χ0) is 10.0. The van der Waals surface area contributed by atoms with Gasteiger partial charge in [0, 0.05) is 9.26 Å². The Bertz CT molecular complexity index is 376. The molecule has 1 aromatic rings. The van der Waals surface area contributed by atoms with Crippen LogP contribution in [0.15, 0.2) is 18.2 Å². The lowest BCUT2D eigenvalue weighted by atomic mass is 10.1. The normalized spacial score (nSPS) is 9.62. The lowest BCUT2D eigenvalue weighted by Gasteiger charge is -2.01. The highest BCUT2D eigenvalue weighted by Gasteiger charge is 2.17. The molecule has 3 N–H and O–H groups in total.